The van der Waals surface area contributed by atoms with Crippen molar-refractivity contribution in [3.8, 4) is 11.5 Å². The minimum atomic E-state index is 0.149. The minimum Gasteiger partial charge on any atom is -0.493 e. The molecule has 0 radical (unpaired) electrons. The lowest BCUT2D eigenvalue weighted by Gasteiger charge is -2.24. The van der Waals surface area contributed by atoms with Gasteiger partial charge in [-0.05, 0) is 43.4 Å². The third-order valence-corrected chi connectivity index (χ3v) is 4.37. The van der Waals surface area contributed by atoms with E-state index < -0.39 is 0 Å². The second-order valence-corrected chi connectivity index (χ2v) is 5.58. The molecule has 1 aliphatic rings. The van der Waals surface area contributed by atoms with E-state index in [1.807, 2.05) is 12.1 Å². The predicted octanol–water partition coefficient (Wildman–Crippen LogP) is 3.96. The molecule has 0 aliphatic heterocycles. The average molecular weight is 276 g/mol. The lowest BCUT2D eigenvalue weighted by molar-refractivity contribution is -0.121. The molecule has 0 saturated heterocycles. The first-order valence-corrected chi connectivity index (χ1v) is 7.39. The summed E-state index contributed by atoms with van der Waals surface area (Å²) in [4.78, 5) is 12.0. The molecule has 0 spiro atoms. The zero-order chi connectivity index (χ0) is 14.5. The number of carbonyl (C=O) groups is 1. The van der Waals surface area contributed by atoms with Crippen LogP contribution in [0.3, 0.4) is 0 Å². The van der Waals surface area contributed by atoms with Crippen LogP contribution < -0.4 is 9.47 Å². The smallest absolute Gasteiger partial charge is 0.160 e. The van der Waals surface area contributed by atoms with E-state index in [0.717, 1.165) is 30.8 Å². The number of benzene rings is 1. The summed E-state index contributed by atoms with van der Waals surface area (Å²) in [5.74, 6) is 2.26. The van der Waals surface area contributed by atoms with Crippen molar-refractivity contribution >= 4 is 5.78 Å². The van der Waals surface area contributed by atoms with Gasteiger partial charge in [-0.25, -0.2) is 0 Å². The fourth-order valence-corrected chi connectivity index (χ4v) is 3.28. The lowest BCUT2D eigenvalue weighted by Crippen LogP contribution is -2.19. The van der Waals surface area contributed by atoms with Crippen LogP contribution >= 0.6 is 0 Å². The fraction of sp³-hybridized carbons (Fsp3) is 0.588. The molecule has 0 amide bonds. The van der Waals surface area contributed by atoms with Crippen molar-refractivity contribution in [2.45, 2.75) is 44.9 Å². The number of rotatable bonds is 4. The van der Waals surface area contributed by atoms with E-state index >= 15 is 0 Å². The topological polar surface area (TPSA) is 35.5 Å². The summed E-state index contributed by atoms with van der Waals surface area (Å²) in [6.07, 6.45) is 5.68. The van der Waals surface area contributed by atoms with Crippen LogP contribution in [0, 0.1) is 5.92 Å². The summed E-state index contributed by atoms with van der Waals surface area (Å²) >= 11 is 0. The van der Waals surface area contributed by atoms with Gasteiger partial charge in [-0.15, -0.1) is 0 Å². The van der Waals surface area contributed by atoms with Gasteiger partial charge in [0.05, 0.1) is 14.2 Å². The van der Waals surface area contributed by atoms with Crippen molar-refractivity contribution in [3.63, 3.8) is 0 Å². The van der Waals surface area contributed by atoms with Crippen LogP contribution in [0.5, 0.6) is 11.5 Å². The van der Waals surface area contributed by atoms with Crippen molar-refractivity contribution in [3.05, 3.63) is 23.8 Å². The van der Waals surface area contributed by atoms with Gasteiger partial charge in [0.25, 0.3) is 0 Å². The maximum absolute atomic E-state index is 12.0. The summed E-state index contributed by atoms with van der Waals surface area (Å²) in [6.45, 7) is 1.73. The van der Waals surface area contributed by atoms with E-state index in [1.54, 1.807) is 21.1 Å². The minimum absolute atomic E-state index is 0.149. The van der Waals surface area contributed by atoms with Gasteiger partial charge in [0, 0.05) is 5.92 Å². The summed E-state index contributed by atoms with van der Waals surface area (Å²) in [5.41, 5.74) is 1.20. The Bertz CT molecular complexity index is 467. The normalized spacial score (nSPS) is 22.9. The summed E-state index contributed by atoms with van der Waals surface area (Å²) in [7, 11) is 3.29. The molecule has 0 bridgehead atoms. The summed E-state index contributed by atoms with van der Waals surface area (Å²) in [6, 6.07) is 6.05. The van der Waals surface area contributed by atoms with Crippen LogP contribution in [0.2, 0.25) is 0 Å². The van der Waals surface area contributed by atoms with Crippen LogP contribution in [0.4, 0.5) is 0 Å². The lowest BCUT2D eigenvalue weighted by atomic mass is 9.80. The number of ketones is 1. The van der Waals surface area contributed by atoms with Crippen molar-refractivity contribution < 1.29 is 14.3 Å². The standard InChI is InChI=1S/C17H24O3/c1-12(18)14-7-5-4-6-8-15(14)13-9-10-16(19-2)17(11-13)20-3/h9-11,14-15H,4-8H2,1-3H3. The van der Waals surface area contributed by atoms with Gasteiger partial charge in [-0.3, -0.25) is 4.79 Å². The number of carbonyl (C=O) groups excluding carboxylic acids is 1. The molecule has 2 rings (SSSR count). The number of methoxy groups -OCH3 is 2. The maximum atomic E-state index is 12.0. The molecule has 1 saturated carbocycles. The first-order chi connectivity index (χ1) is 9.67. The first-order valence-electron chi connectivity index (χ1n) is 7.39. The van der Waals surface area contributed by atoms with Crippen molar-refractivity contribution in [2.75, 3.05) is 14.2 Å². The Morgan fingerprint density at radius 3 is 2.40 bits per heavy atom. The number of hydrogen-bond donors (Lipinski definition) is 0. The van der Waals surface area contributed by atoms with E-state index in [1.165, 1.54) is 18.4 Å². The molecule has 110 valence electrons. The second kappa shape index (κ2) is 6.78. The Labute approximate surface area is 121 Å². The largest absolute Gasteiger partial charge is 0.493 e. The molecule has 1 aromatic carbocycles. The summed E-state index contributed by atoms with van der Waals surface area (Å²) in [5, 5.41) is 0. The Morgan fingerprint density at radius 2 is 1.75 bits per heavy atom. The van der Waals surface area contributed by atoms with Crippen LogP contribution in [0.15, 0.2) is 18.2 Å². The average Bonchev–Trinajstić information content (AvgIpc) is 2.72. The van der Waals surface area contributed by atoms with Crippen molar-refractivity contribution in [1.82, 2.24) is 0 Å². The van der Waals surface area contributed by atoms with Crippen LogP contribution in [0.1, 0.15) is 50.5 Å². The van der Waals surface area contributed by atoms with Gasteiger partial charge in [-0.2, -0.15) is 0 Å². The number of hydrogen-bond acceptors (Lipinski definition) is 3. The van der Waals surface area contributed by atoms with Gasteiger partial charge >= 0.3 is 0 Å². The van der Waals surface area contributed by atoms with E-state index in [0.29, 0.717) is 11.7 Å². The Balaban J connectivity index is 2.33. The highest BCUT2D eigenvalue weighted by Gasteiger charge is 2.29. The Kier molecular flexibility index (Phi) is 5.05. The van der Waals surface area contributed by atoms with E-state index in [2.05, 4.69) is 6.07 Å². The predicted molar refractivity (Wildman–Crippen MR) is 79.5 cm³/mol. The third kappa shape index (κ3) is 3.14. The van der Waals surface area contributed by atoms with Crippen molar-refractivity contribution in [2.24, 2.45) is 5.92 Å². The molecule has 1 fully saturated rings. The van der Waals surface area contributed by atoms with Gasteiger partial charge in [0.1, 0.15) is 5.78 Å². The van der Waals surface area contributed by atoms with E-state index in [-0.39, 0.29) is 5.92 Å². The van der Waals surface area contributed by atoms with E-state index in [4.69, 9.17) is 9.47 Å². The quantitative estimate of drug-likeness (QED) is 0.781. The maximum Gasteiger partial charge on any atom is 0.160 e. The SMILES string of the molecule is COc1ccc(C2CCCCCC2C(C)=O)cc1OC. The van der Waals surface area contributed by atoms with Gasteiger partial charge < -0.3 is 9.47 Å². The zero-order valence-electron chi connectivity index (χ0n) is 12.6. The molecule has 20 heavy (non-hydrogen) atoms. The van der Waals surface area contributed by atoms with Gasteiger partial charge in [0.2, 0.25) is 0 Å². The molecule has 0 aromatic heterocycles. The molecule has 1 aliphatic carbocycles. The Hall–Kier alpha value is -1.51. The van der Waals surface area contributed by atoms with E-state index in [9.17, 15) is 4.79 Å². The fourth-order valence-electron chi connectivity index (χ4n) is 3.28. The molecule has 2 unspecified atom stereocenters. The van der Waals surface area contributed by atoms with Crippen LogP contribution in [-0.4, -0.2) is 20.0 Å². The molecule has 3 nitrogen and oxygen atoms in total. The molecule has 0 heterocycles. The number of ether oxygens (including phenoxy) is 2. The molecular weight excluding hydrogens is 252 g/mol. The molecule has 3 heteroatoms. The monoisotopic (exact) mass is 276 g/mol. The highest BCUT2D eigenvalue weighted by atomic mass is 16.5. The molecular formula is C17H24O3. The van der Waals surface area contributed by atoms with Crippen molar-refractivity contribution in [1.29, 1.82) is 0 Å². The third-order valence-electron chi connectivity index (χ3n) is 4.37. The zero-order valence-corrected chi connectivity index (χ0v) is 12.6. The second-order valence-electron chi connectivity index (χ2n) is 5.58. The highest BCUT2D eigenvalue weighted by molar-refractivity contribution is 5.79. The molecule has 1 aromatic rings. The van der Waals surface area contributed by atoms with Crippen LogP contribution in [-0.2, 0) is 4.79 Å². The number of Topliss-reactive ketones (excluding diaryl/α,β-unsaturated/α-hetero) is 1. The highest BCUT2D eigenvalue weighted by Crippen LogP contribution is 2.40. The summed E-state index contributed by atoms with van der Waals surface area (Å²) < 4.78 is 10.7. The van der Waals surface area contributed by atoms with Gasteiger partial charge in [0.15, 0.2) is 11.5 Å². The van der Waals surface area contributed by atoms with Gasteiger partial charge in [-0.1, -0.05) is 25.3 Å². The molecule has 0 N–H and O–H groups in total. The van der Waals surface area contributed by atoms with Crippen LogP contribution in [0.25, 0.3) is 0 Å². The Morgan fingerprint density at radius 1 is 1.05 bits per heavy atom. The first kappa shape index (κ1) is 14.9. The molecule has 2 atom stereocenters.